The van der Waals surface area contributed by atoms with Crippen LogP contribution < -0.4 is 5.73 Å². The third-order valence-electron chi connectivity index (χ3n) is 2.17. The summed E-state index contributed by atoms with van der Waals surface area (Å²) in [5.74, 6) is -1.16. The fourth-order valence-electron chi connectivity index (χ4n) is 1.31. The molecular weight excluding hydrogens is 278 g/mol. The standard InChI is InChI=1S/C10H12BrNO4/c11-5-1-2-6(10(15)16)7(3-5)9(14)8(13)4-12/h1-3,8-9,13-14H,4,12H2,(H,15,16). The second kappa shape index (κ2) is 5.40. The molecule has 5 N–H and O–H groups in total. The average molecular weight is 290 g/mol. The first-order chi connectivity index (χ1) is 7.47. The molecule has 1 rings (SSSR count). The number of benzene rings is 1. The van der Waals surface area contributed by atoms with E-state index in [1.165, 1.54) is 12.1 Å². The van der Waals surface area contributed by atoms with Gasteiger partial charge in [-0.1, -0.05) is 15.9 Å². The van der Waals surface area contributed by atoms with Crippen molar-refractivity contribution in [2.24, 2.45) is 5.73 Å². The second-order valence-corrected chi connectivity index (χ2v) is 4.20. The Balaban J connectivity index is 3.19. The van der Waals surface area contributed by atoms with Crippen LogP contribution in [-0.2, 0) is 0 Å². The molecule has 88 valence electrons. The maximum atomic E-state index is 10.9. The molecule has 0 aliphatic rings. The van der Waals surface area contributed by atoms with E-state index >= 15 is 0 Å². The van der Waals surface area contributed by atoms with E-state index in [0.717, 1.165) is 0 Å². The van der Waals surface area contributed by atoms with Crippen LogP contribution in [0.3, 0.4) is 0 Å². The van der Waals surface area contributed by atoms with E-state index in [1.807, 2.05) is 0 Å². The first-order valence-corrected chi connectivity index (χ1v) is 5.35. The van der Waals surface area contributed by atoms with Crippen molar-refractivity contribution in [3.05, 3.63) is 33.8 Å². The van der Waals surface area contributed by atoms with Crippen LogP contribution in [0.2, 0.25) is 0 Å². The van der Waals surface area contributed by atoms with Gasteiger partial charge in [0.05, 0.1) is 11.7 Å². The summed E-state index contributed by atoms with van der Waals surface area (Å²) >= 11 is 3.17. The highest BCUT2D eigenvalue weighted by Crippen LogP contribution is 2.25. The summed E-state index contributed by atoms with van der Waals surface area (Å²) in [5, 5.41) is 28.0. The van der Waals surface area contributed by atoms with Crippen molar-refractivity contribution in [2.45, 2.75) is 12.2 Å². The number of aromatic carboxylic acids is 1. The molecule has 0 saturated heterocycles. The molecule has 2 atom stereocenters. The number of carboxylic acid groups (broad SMARTS) is 1. The molecule has 0 bridgehead atoms. The summed E-state index contributed by atoms with van der Waals surface area (Å²) in [4.78, 5) is 10.9. The van der Waals surface area contributed by atoms with Gasteiger partial charge in [0, 0.05) is 11.0 Å². The van der Waals surface area contributed by atoms with E-state index in [9.17, 15) is 15.0 Å². The molecule has 5 nitrogen and oxygen atoms in total. The third-order valence-corrected chi connectivity index (χ3v) is 2.66. The van der Waals surface area contributed by atoms with E-state index in [2.05, 4.69) is 15.9 Å². The number of aliphatic hydroxyl groups excluding tert-OH is 2. The smallest absolute Gasteiger partial charge is 0.336 e. The number of hydrogen-bond donors (Lipinski definition) is 4. The minimum Gasteiger partial charge on any atom is -0.478 e. The van der Waals surface area contributed by atoms with E-state index in [1.54, 1.807) is 6.07 Å². The van der Waals surface area contributed by atoms with Gasteiger partial charge < -0.3 is 21.1 Å². The van der Waals surface area contributed by atoms with Gasteiger partial charge in [0.2, 0.25) is 0 Å². The van der Waals surface area contributed by atoms with Gasteiger partial charge in [0.25, 0.3) is 0 Å². The number of hydrogen-bond acceptors (Lipinski definition) is 4. The largest absolute Gasteiger partial charge is 0.478 e. The molecule has 0 radical (unpaired) electrons. The first kappa shape index (κ1) is 13.1. The van der Waals surface area contributed by atoms with Crippen molar-refractivity contribution < 1.29 is 20.1 Å². The highest BCUT2D eigenvalue weighted by molar-refractivity contribution is 9.10. The summed E-state index contributed by atoms with van der Waals surface area (Å²) in [6.07, 6.45) is -2.50. The number of nitrogens with two attached hydrogens (primary N) is 1. The van der Waals surface area contributed by atoms with E-state index in [4.69, 9.17) is 10.8 Å². The molecule has 1 aromatic carbocycles. The highest BCUT2D eigenvalue weighted by Gasteiger charge is 2.22. The van der Waals surface area contributed by atoms with Gasteiger partial charge in [-0.25, -0.2) is 4.79 Å². The zero-order chi connectivity index (χ0) is 12.3. The van der Waals surface area contributed by atoms with Crippen LogP contribution in [0.15, 0.2) is 22.7 Å². The zero-order valence-electron chi connectivity index (χ0n) is 8.30. The Hall–Kier alpha value is -0.950. The lowest BCUT2D eigenvalue weighted by atomic mass is 9.99. The van der Waals surface area contributed by atoms with Gasteiger partial charge in [0.1, 0.15) is 6.10 Å². The monoisotopic (exact) mass is 289 g/mol. The van der Waals surface area contributed by atoms with Crippen molar-refractivity contribution in [3.63, 3.8) is 0 Å². The first-order valence-electron chi connectivity index (χ1n) is 4.56. The number of rotatable bonds is 4. The fraction of sp³-hybridized carbons (Fsp3) is 0.300. The van der Waals surface area contributed by atoms with Crippen LogP contribution in [0.25, 0.3) is 0 Å². The number of halogens is 1. The molecule has 2 unspecified atom stereocenters. The van der Waals surface area contributed by atoms with Crippen molar-refractivity contribution in [1.82, 2.24) is 0 Å². The summed E-state index contributed by atoms with van der Waals surface area (Å²) in [6.45, 7) is -0.146. The van der Waals surface area contributed by atoms with Crippen LogP contribution in [0.1, 0.15) is 22.0 Å². The summed E-state index contributed by atoms with van der Waals surface area (Å²) in [6, 6.07) is 4.36. The quantitative estimate of drug-likeness (QED) is 0.646. The van der Waals surface area contributed by atoms with Gasteiger partial charge in [-0.2, -0.15) is 0 Å². The van der Waals surface area contributed by atoms with Crippen molar-refractivity contribution in [2.75, 3.05) is 6.54 Å². The number of aliphatic hydroxyl groups is 2. The maximum Gasteiger partial charge on any atom is 0.336 e. The van der Waals surface area contributed by atoms with Gasteiger partial charge in [0.15, 0.2) is 0 Å². The van der Waals surface area contributed by atoms with Gasteiger partial charge in [-0.3, -0.25) is 0 Å². The lowest BCUT2D eigenvalue weighted by molar-refractivity contribution is 0.0231. The summed E-state index contributed by atoms with van der Waals surface area (Å²) in [5.41, 5.74) is 5.29. The predicted molar refractivity (Wildman–Crippen MR) is 61.1 cm³/mol. The van der Waals surface area contributed by atoms with Crippen LogP contribution in [0.4, 0.5) is 0 Å². The van der Waals surface area contributed by atoms with E-state index in [-0.39, 0.29) is 17.7 Å². The van der Waals surface area contributed by atoms with Crippen LogP contribution >= 0.6 is 15.9 Å². The zero-order valence-corrected chi connectivity index (χ0v) is 9.89. The summed E-state index contributed by atoms with van der Waals surface area (Å²) in [7, 11) is 0. The Morgan fingerprint density at radius 2 is 2.06 bits per heavy atom. The SMILES string of the molecule is NCC(O)C(O)c1cc(Br)ccc1C(=O)O. The van der Waals surface area contributed by atoms with Crippen molar-refractivity contribution >= 4 is 21.9 Å². The fourth-order valence-corrected chi connectivity index (χ4v) is 1.69. The number of carboxylic acids is 1. The Bertz CT molecular complexity index is 396. The third kappa shape index (κ3) is 2.79. The molecule has 0 saturated carbocycles. The molecule has 0 heterocycles. The Kier molecular flexibility index (Phi) is 4.43. The molecular formula is C10H12BrNO4. The average Bonchev–Trinajstić information content (AvgIpc) is 2.26. The lowest BCUT2D eigenvalue weighted by Crippen LogP contribution is -2.28. The molecule has 0 aromatic heterocycles. The molecule has 6 heteroatoms. The molecule has 0 aliphatic heterocycles. The lowest BCUT2D eigenvalue weighted by Gasteiger charge is -2.18. The summed E-state index contributed by atoms with van der Waals surface area (Å²) < 4.78 is 0.621. The second-order valence-electron chi connectivity index (χ2n) is 3.28. The Morgan fingerprint density at radius 3 is 2.56 bits per heavy atom. The van der Waals surface area contributed by atoms with E-state index < -0.39 is 18.2 Å². The van der Waals surface area contributed by atoms with Crippen molar-refractivity contribution in [1.29, 1.82) is 0 Å². The molecule has 0 amide bonds. The molecule has 0 aliphatic carbocycles. The van der Waals surface area contributed by atoms with Gasteiger partial charge >= 0.3 is 5.97 Å². The molecule has 16 heavy (non-hydrogen) atoms. The van der Waals surface area contributed by atoms with Gasteiger partial charge in [-0.05, 0) is 23.8 Å². The van der Waals surface area contributed by atoms with Gasteiger partial charge in [-0.15, -0.1) is 0 Å². The van der Waals surface area contributed by atoms with E-state index in [0.29, 0.717) is 4.47 Å². The Morgan fingerprint density at radius 1 is 1.44 bits per heavy atom. The van der Waals surface area contributed by atoms with Crippen LogP contribution in [0, 0.1) is 0 Å². The Labute approximate surface area is 101 Å². The maximum absolute atomic E-state index is 10.9. The minimum atomic E-state index is -1.31. The van der Waals surface area contributed by atoms with Crippen molar-refractivity contribution in [3.8, 4) is 0 Å². The molecule has 0 spiro atoms. The number of carbonyl (C=O) groups is 1. The predicted octanol–water partition coefficient (Wildman–Crippen LogP) is 0.500. The molecule has 0 fully saturated rings. The van der Waals surface area contributed by atoms with Crippen LogP contribution in [0.5, 0.6) is 0 Å². The highest BCUT2D eigenvalue weighted by atomic mass is 79.9. The normalized spacial score (nSPS) is 14.5. The van der Waals surface area contributed by atoms with Crippen LogP contribution in [-0.4, -0.2) is 33.9 Å². The topological polar surface area (TPSA) is 104 Å². The molecule has 1 aromatic rings. The minimum absolute atomic E-state index is 0.0526.